The molecular formula is C7H13N5O. The summed E-state index contributed by atoms with van der Waals surface area (Å²) in [6.07, 6.45) is 0. The van der Waals surface area contributed by atoms with Gasteiger partial charge in [-0.15, -0.1) is 0 Å². The SMILES string of the molecule is Cc1nc(CNC(=O)N(C)C)n[nH]1. The molecule has 0 aliphatic heterocycles. The van der Waals surface area contributed by atoms with Gasteiger partial charge in [-0.25, -0.2) is 9.78 Å². The molecule has 6 heteroatoms. The van der Waals surface area contributed by atoms with Crippen LogP contribution < -0.4 is 5.32 Å². The summed E-state index contributed by atoms with van der Waals surface area (Å²) in [7, 11) is 3.36. The Morgan fingerprint density at radius 2 is 2.31 bits per heavy atom. The lowest BCUT2D eigenvalue weighted by molar-refractivity contribution is 0.216. The first kappa shape index (κ1) is 9.50. The van der Waals surface area contributed by atoms with Crippen LogP contribution >= 0.6 is 0 Å². The van der Waals surface area contributed by atoms with E-state index in [9.17, 15) is 4.79 Å². The van der Waals surface area contributed by atoms with Crippen LogP contribution in [-0.4, -0.2) is 40.2 Å². The third-order valence-electron chi connectivity index (χ3n) is 1.45. The molecule has 0 saturated carbocycles. The van der Waals surface area contributed by atoms with E-state index in [0.717, 1.165) is 5.82 Å². The number of aryl methyl sites for hydroxylation is 1. The predicted octanol–water partition coefficient (Wildman–Crippen LogP) is -0.116. The minimum atomic E-state index is -0.151. The van der Waals surface area contributed by atoms with Gasteiger partial charge in [-0.3, -0.25) is 5.10 Å². The first-order chi connectivity index (χ1) is 6.09. The Hall–Kier alpha value is -1.59. The first-order valence-corrected chi connectivity index (χ1v) is 3.92. The molecule has 13 heavy (non-hydrogen) atoms. The molecule has 0 aromatic carbocycles. The number of nitrogens with zero attached hydrogens (tertiary/aromatic N) is 3. The van der Waals surface area contributed by atoms with Gasteiger partial charge in [0, 0.05) is 14.1 Å². The zero-order chi connectivity index (χ0) is 9.84. The number of urea groups is 1. The topological polar surface area (TPSA) is 73.9 Å². The number of carbonyl (C=O) groups excluding carboxylic acids is 1. The molecule has 1 rings (SSSR count). The maximum absolute atomic E-state index is 11.1. The lowest BCUT2D eigenvalue weighted by atomic mass is 10.6. The maximum Gasteiger partial charge on any atom is 0.317 e. The third-order valence-corrected chi connectivity index (χ3v) is 1.45. The van der Waals surface area contributed by atoms with Crippen molar-refractivity contribution in [3.05, 3.63) is 11.6 Å². The highest BCUT2D eigenvalue weighted by atomic mass is 16.2. The Bertz CT molecular complexity index is 293. The number of hydrogen-bond acceptors (Lipinski definition) is 3. The molecule has 0 spiro atoms. The van der Waals surface area contributed by atoms with Crippen LogP contribution in [0.2, 0.25) is 0 Å². The van der Waals surface area contributed by atoms with Crippen molar-refractivity contribution in [1.82, 2.24) is 25.4 Å². The van der Waals surface area contributed by atoms with Crippen molar-refractivity contribution >= 4 is 6.03 Å². The van der Waals surface area contributed by atoms with Gasteiger partial charge >= 0.3 is 6.03 Å². The van der Waals surface area contributed by atoms with E-state index in [0.29, 0.717) is 12.4 Å². The maximum atomic E-state index is 11.1. The lowest BCUT2D eigenvalue weighted by Gasteiger charge is -2.09. The highest BCUT2D eigenvalue weighted by Gasteiger charge is 2.04. The first-order valence-electron chi connectivity index (χ1n) is 3.92. The van der Waals surface area contributed by atoms with Crippen LogP contribution in [0.5, 0.6) is 0 Å². The fraction of sp³-hybridized carbons (Fsp3) is 0.571. The van der Waals surface area contributed by atoms with Crippen molar-refractivity contribution in [3.8, 4) is 0 Å². The average molecular weight is 183 g/mol. The summed E-state index contributed by atoms with van der Waals surface area (Å²) in [6.45, 7) is 2.16. The van der Waals surface area contributed by atoms with Crippen molar-refractivity contribution in [1.29, 1.82) is 0 Å². The van der Waals surface area contributed by atoms with Crippen LogP contribution in [0.25, 0.3) is 0 Å². The van der Waals surface area contributed by atoms with E-state index in [1.807, 2.05) is 6.92 Å². The lowest BCUT2D eigenvalue weighted by Crippen LogP contribution is -2.34. The molecule has 1 aromatic heterocycles. The Morgan fingerprint density at radius 3 is 2.77 bits per heavy atom. The van der Waals surface area contributed by atoms with Crippen LogP contribution in [0.3, 0.4) is 0 Å². The Labute approximate surface area is 76.3 Å². The number of nitrogens with one attached hydrogen (secondary N) is 2. The zero-order valence-corrected chi connectivity index (χ0v) is 7.96. The molecule has 0 atom stereocenters. The van der Waals surface area contributed by atoms with Gasteiger partial charge in [-0.05, 0) is 6.92 Å². The van der Waals surface area contributed by atoms with E-state index in [4.69, 9.17) is 0 Å². The van der Waals surface area contributed by atoms with Crippen LogP contribution in [-0.2, 0) is 6.54 Å². The fourth-order valence-corrected chi connectivity index (χ4v) is 0.781. The Kier molecular flexibility index (Phi) is 2.84. The number of H-pyrrole nitrogens is 1. The zero-order valence-electron chi connectivity index (χ0n) is 7.96. The van der Waals surface area contributed by atoms with E-state index < -0.39 is 0 Å². The monoisotopic (exact) mass is 183 g/mol. The van der Waals surface area contributed by atoms with Crippen molar-refractivity contribution in [2.45, 2.75) is 13.5 Å². The van der Waals surface area contributed by atoms with E-state index >= 15 is 0 Å². The number of amides is 2. The second-order valence-corrected chi connectivity index (χ2v) is 2.89. The average Bonchev–Trinajstić information content (AvgIpc) is 2.47. The summed E-state index contributed by atoms with van der Waals surface area (Å²) < 4.78 is 0. The van der Waals surface area contributed by atoms with Gasteiger partial charge in [-0.1, -0.05) is 0 Å². The molecule has 0 unspecified atom stereocenters. The van der Waals surface area contributed by atoms with E-state index in [-0.39, 0.29) is 6.03 Å². The summed E-state index contributed by atoms with van der Waals surface area (Å²) in [5.41, 5.74) is 0. The summed E-state index contributed by atoms with van der Waals surface area (Å²) in [5.74, 6) is 1.34. The molecule has 72 valence electrons. The number of rotatable bonds is 2. The molecular weight excluding hydrogens is 170 g/mol. The molecule has 1 heterocycles. The molecule has 2 amide bonds. The minimum Gasteiger partial charge on any atom is -0.331 e. The molecule has 0 bridgehead atoms. The van der Waals surface area contributed by atoms with E-state index in [1.165, 1.54) is 4.90 Å². The van der Waals surface area contributed by atoms with Gasteiger partial charge in [0.05, 0.1) is 6.54 Å². The summed E-state index contributed by atoms with van der Waals surface area (Å²) >= 11 is 0. The van der Waals surface area contributed by atoms with Crippen LogP contribution in [0, 0.1) is 6.92 Å². The second-order valence-electron chi connectivity index (χ2n) is 2.89. The van der Waals surface area contributed by atoms with Gasteiger partial charge < -0.3 is 10.2 Å². The quantitative estimate of drug-likeness (QED) is 0.671. The van der Waals surface area contributed by atoms with Crippen LogP contribution in [0.1, 0.15) is 11.6 Å². The van der Waals surface area contributed by atoms with Crippen LogP contribution in [0.15, 0.2) is 0 Å². The predicted molar refractivity (Wildman–Crippen MR) is 47.0 cm³/mol. The summed E-state index contributed by atoms with van der Waals surface area (Å²) in [4.78, 5) is 16.6. The molecule has 2 N–H and O–H groups in total. The number of aromatic amines is 1. The molecule has 6 nitrogen and oxygen atoms in total. The highest BCUT2D eigenvalue weighted by Crippen LogP contribution is 1.89. The smallest absolute Gasteiger partial charge is 0.317 e. The van der Waals surface area contributed by atoms with Crippen molar-refractivity contribution in [2.75, 3.05) is 14.1 Å². The van der Waals surface area contributed by atoms with Crippen LogP contribution in [0.4, 0.5) is 4.79 Å². The molecule has 0 aliphatic carbocycles. The molecule has 0 aliphatic rings. The molecule has 0 saturated heterocycles. The molecule has 0 radical (unpaired) electrons. The van der Waals surface area contributed by atoms with Gasteiger partial charge in [0.2, 0.25) is 0 Å². The number of carbonyl (C=O) groups is 1. The molecule has 0 fully saturated rings. The third kappa shape index (κ3) is 2.73. The second kappa shape index (κ2) is 3.88. The summed E-state index contributed by atoms with van der Waals surface area (Å²) in [5, 5.41) is 9.23. The van der Waals surface area contributed by atoms with Gasteiger partial charge in [0.15, 0.2) is 5.82 Å². The Morgan fingerprint density at radius 1 is 1.62 bits per heavy atom. The normalized spacial score (nSPS) is 9.77. The van der Waals surface area contributed by atoms with E-state index in [2.05, 4.69) is 20.5 Å². The van der Waals surface area contributed by atoms with Gasteiger partial charge in [0.1, 0.15) is 5.82 Å². The standard InChI is InChI=1S/C7H13N5O/c1-5-9-6(11-10-5)4-8-7(13)12(2)3/h4H2,1-3H3,(H,8,13)(H,9,10,11). The van der Waals surface area contributed by atoms with E-state index in [1.54, 1.807) is 14.1 Å². The Balaban J connectivity index is 2.39. The van der Waals surface area contributed by atoms with Gasteiger partial charge in [0.25, 0.3) is 0 Å². The van der Waals surface area contributed by atoms with Gasteiger partial charge in [-0.2, -0.15) is 5.10 Å². The fourth-order valence-electron chi connectivity index (χ4n) is 0.781. The van der Waals surface area contributed by atoms with Crippen molar-refractivity contribution < 1.29 is 4.79 Å². The molecule has 1 aromatic rings. The minimum absolute atomic E-state index is 0.151. The van der Waals surface area contributed by atoms with Crippen molar-refractivity contribution in [2.24, 2.45) is 0 Å². The highest BCUT2D eigenvalue weighted by molar-refractivity contribution is 5.73. The summed E-state index contributed by atoms with van der Waals surface area (Å²) in [6, 6.07) is -0.151. The van der Waals surface area contributed by atoms with Crippen molar-refractivity contribution in [3.63, 3.8) is 0 Å². The number of aromatic nitrogens is 3. The largest absolute Gasteiger partial charge is 0.331 e. The number of hydrogen-bond donors (Lipinski definition) is 2.